The van der Waals surface area contributed by atoms with E-state index in [1.807, 2.05) is 19.0 Å². The first-order valence-electron chi connectivity index (χ1n) is 8.96. The summed E-state index contributed by atoms with van der Waals surface area (Å²) in [5.74, 6) is 0.430. The molecule has 6 heteroatoms. The topological polar surface area (TPSA) is 23.5 Å². The molecule has 1 N–H and O–H groups in total. The molecule has 0 aromatic heterocycles. The zero-order valence-corrected chi connectivity index (χ0v) is 15.7. The summed E-state index contributed by atoms with van der Waals surface area (Å²) in [6.45, 7) is 2.69. The molecule has 4 radical (unpaired) electrons. The van der Waals surface area contributed by atoms with Crippen molar-refractivity contribution in [1.82, 2.24) is 4.81 Å². The average molecular weight is 346 g/mol. The highest BCUT2D eigenvalue weighted by atomic mass is 31.2. The van der Waals surface area contributed by atoms with Crippen LogP contribution in [0.5, 0.6) is 0 Å². The molecule has 0 amide bonds. The quantitative estimate of drug-likeness (QED) is 0.640. The third-order valence-corrected chi connectivity index (χ3v) is 8.73. The predicted molar refractivity (Wildman–Crippen MR) is 113 cm³/mol. The summed E-state index contributed by atoms with van der Waals surface area (Å²) in [4.78, 5) is 2.17. The van der Waals surface area contributed by atoms with E-state index in [0.29, 0.717) is 12.2 Å². The molecule has 0 bridgehead atoms. The van der Waals surface area contributed by atoms with E-state index in [1.54, 1.807) is 0 Å². The van der Waals surface area contributed by atoms with Crippen LogP contribution in [0.15, 0.2) is 60.7 Å². The lowest BCUT2D eigenvalue weighted by Gasteiger charge is -2.31. The van der Waals surface area contributed by atoms with Crippen molar-refractivity contribution in [3.8, 4) is 0 Å². The molecule has 2 atom stereocenters. The van der Waals surface area contributed by atoms with Crippen molar-refractivity contribution in [2.45, 2.75) is 25.6 Å². The van der Waals surface area contributed by atoms with E-state index in [1.165, 1.54) is 10.6 Å². The highest BCUT2D eigenvalue weighted by Gasteiger charge is 2.45. The van der Waals surface area contributed by atoms with Crippen molar-refractivity contribution < 1.29 is 5.02 Å². The molecule has 1 aliphatic heterocycles. The third-order valence-electron chi connectivity index (χ3n) is 5.29. The minimum atomic E-state index is -2.03. The molecule has 2 nitrogen and oxygen atoms in total. The number of hydrogen-bond donors (Lipinski definition) is 1. The lowest BCUT2D eigenvalue weighted by atomic mass is 9.84. The van der Waals surface area contributed by atoms with Gasteiger partial charge in [0.2, 0.25) is 0 Å². The molecule has 124 valence electrons. The van der Waals surface area contributed by atoms with Gasteiger partial charge in [0, 0.05) is 13.2 Å². The summed E-state index contributed by atoms with van der Waals surface area (Å²) in [5, 5.41) is 12.7. The first-order valence-corrected chi connectivity index (χ1v) is 11.0. The van der Waals surface area contributed by atoms with E-state index in [-0.39, 0.29) is 6.04 Å². The average Bonchev–Trinajstić information content (AvgIpc) is 3.06. The molecule has 0 saturated carbocycles. The minimum absolute atomic E-state index is 0.257. The predicted octanol–water partition coefficient (Wildman–Crippen LogP) is 2.13. The number of hydrogen-bond acceptors (Lipinski definition) is 2. The molecular formula is C19H24B3NOP+. The fourth-order valence-electron chi connectivity index (χ4n) is 3.93. The Balaban J connectivity index is 1.96. The summed E-state index contributed by atoms with van der Waals surface area (Å²) in [6, 6.07) is 21.1. The lowest BCUT2D eigenvalue weighted by Crippen LogP contribution is -2.44. The summed E-state index contributed by atoms with van der Waals surface area (Å²) in [6.07, 6.45) is 2.52. The van der Waals surface area contributed by atoms with Crippen molar-refractivity contribution in [1.29, 1.82) is 0 Å². The van der Waals surface area contributed by atoms with E-state index >= 15 is 0 Å². The van der Waals surface area contributed by atoms with Gasteiger partial charge in [-0.3, -0.25) is 0 Å². The zero-order chi connectivity index (χ0) is 17.9. The van der Waals surface area contributed by atoms with E-state index in [9.17, 15) is 5.02 Å². The SMILES string of the molecule is [B]C[C@H]1C[C@@H](C[P+]([B])(c2ccccc2)c2ccccc2)N(B(C)O)C1. The standard InChI is InChI=1S/C19H24B3NOP/c1-22(24)23-14-16(13-20)12-17(23)15-25(21,18-8-4-2-5-9-18)19-10-6-3-7-11-19/h2-11,16-17,24H,12-15H2,1H3/q+1/t16-,17+/m1/s1. The Labute approximate surface area is 155 Å². The smallest absolute Gasteiger partial charge is 0.377 e. The molecule has 3 rings (SSSR count). The Morgan fingerprint density at radius 1 is 1.08 bits per heavy atom. The number of rotatable bonds is 6. The van der Waals surface area contributed by atoms with Crippen LogP contribution in [0.3, 0.4) is 0 Å². The van der Waals surface area contributed by atoms with Crippen LogP contribution in [0.2, 0.25) is 13.1 Å². The maximum Gasteiger partial charge on any atom is 0.377 e. The van der Waals surface area contributed by atoms with E-state index in [0.717, 1.165) is 19.1 Å². The van der Waals surface area contributed by atoms with Crippen LogP contribution >= 0.6 is 7.14 Å². The van der Waals surface area contributed by atoms with Gasteiger partial charge in [0.05, 0.1) is 24.6 Å². The second-order valence-corrected chi connectivity index (χ2v) is 10.2. The summed E-state index contributed by atoms with van der Waals surface area (Å²) in [5.41, 5.74) is 0. The van der Waals surface area contributed by atoms with Crippen LogP contribution in [0.4, 0.5) is 0 Å². The van der Waals surface area contributed by atoms with Crippen molar-refractivity contribution in [2.75, 3.05) is 12.7 Å². The maximum absolute atomic E-state index is 10.2. The largest absolute Gasteiger partial charge is 0.437 e. The van der Waals surface area contributed by atoms with Crippen molar-refractivity contribution >= 4 is 40.2 Å². The van der Waals surface area contributed by atoms with Gasteiger partial charge in [-0.05, 0) is 50.0 Å². The molecule has 25 heavy (non-hydrogen) atoms. The highest BCUT2D eigenvalue weighted by Crippen LogP contribution is 2.53. The second kappa shape index (κ2) is 8.12. The van der Waals surface area contributed by atoms with Gasteiger partial charge in [-0.2, -0.15) is 0 Å². The molecular weight excluding hydrogens is 322 g/mol. The van der Waals surface area contributed by atoms with Gasteiger partial charge in [0.1, 0.15) is 0 Å². The Kier molecular flexibility index (Phi) is 6.10. The van der Waals surface area contributed by atoms with Crippen LogP contribution in [-0.2, 0) is 0 Å². The highest BCUT2D eigenvalue weighted by molar-refractivity contribution is 8.08. The molecule has 2 aromatic carbocycles. The van der Waals surface area contributed by atoms with Crippen LogP contribution in [0.1, 0.15) is 6.42 Å². The number of nitrogens with zero attached hydrogens (tertiary/aromatic N) is 1. The maximum atomic E-state index is 10.2. The normalized spacial score (nSPS) is 21.4. The first kappa shape index (κ1) is 18.8. The van der Waals surface area contributed by atoms with Crippen LogP contribution < -0.4 is 10.6 Å². The monoisotopic (exact) mass is 346 g/mol. The summed E-state index contributed by atoms with van der Waals surface area (Å²) >= 11 is 0. The van der Waals surface area contributed by atoms with Gasteiger partial charge < -0.3 is 9.83 Å². The van der Waals surface area contributed by atoms with Gasteiger partial charge in [-0.1, -0.05) is 42.7 Å². The lowest BCUT2D eigenvalue weighted by molar-refractivity contribution is 0.361. The van der Waals surface area contributed by atoms with Crippen LogP contribution in [0, 0.1) is 5.92 Å². The molecule has 0 aliphatic carbocycles. The van der Waals surface area contributed by atoms with Gasteiger partial charge in [-0.15, -0.1) is 0 Å². The zero-order valence-electron chi connectivity index (χ0n) is 14.8. The molecule has 0 unspecified atom stereocenters. The molecule has 1 heterocycles. The van der Waals surface area contributed by atoms with E-state index in [2.05, 4.69) is 53.3 Å². The summed E-state index contributed by atoms with van der Waals surface area (Å²) < 4.78 is 0. The Bertz CT molecular complexity index is 631. The van der Waals surface area contributed by atoms with Gasteiger partial charge in [0.15, 0.2) is 0 Å². The van der Waals surface area contributed by atoms with Gasteiger partial charge in [-0.25, -0.2) is 0 Å². The Morgan fingerprint density at radius 3 is 2.04 bits per heavy atom. The summed E-state index contributed by atoms with van der Waals surface area (Å²) in [7, 11) is 10.6. The third kappa shape index (κ3) is 4.05. The van der Waals surface area contributed by atoms with E-state index < -0.39 is 14.2 Å². The number of benzene rings is 2. The van der Waals surface area contributed by atoms with Crippen LogP contribution in [0.25, 0.3) is 0 Å². The fourth-order valence-corrected chi connectivity index (χ4v) is 7.08. The molecule has 1 saturated heterocycles. The molecule has 1 aliphatic rings. The molecule has 1 fully saturated rings. The van der Waals surface area contributed by atoms with E-state index in [4.69, 9.17) is 15.4 Å². The van der Waals surface area contributed by atoms with Gasteiger partial charge >= 0.3 is 14.6 Å². The fraction of sp³-hybridized carbons (Fsp3) is 0.368. The Morgan fingerprint density at radius 2 is 1.60 bits per heavy atom. The molecule has 0 spiro atoms. The Hall–Kier alpha value is -1.02. The van der Waals surface area contributed by atoms with Crippen molar-refractivity contribution in [3.05, 3.63) is 60.7 Å². The van der Waals surface area contributed by atoms with Gasteiger partial charge in [0.25, 0.3) is 0 Å². The second-order valence-electron chi connectivity index (χ2n) is 7.04. The van der Waals surface area contributed by atoms with Crippen molar-refractivity contribution in [3.63, 3.8) is 0 Å². The molecule has 2 aromatic rings. The first-order chi connectivity index (χ1) is 12.0. The van der Waals surface area contributed by atoms with Crippen molar-refractivity contribution in [2.24, 2.45) is 5.92 Å². The van der Waals surface area contributed by atoms with Crippen LogP contribution in [-0.4, -0.2) is 51.0 Å². The minimum Gasteiger partial charge on any atom is -0.437 e.